The molecule has 0 fully saturated rings. The molecule has 0 aliphatic heterocycles. The van der Waals surface area contributed by atoms with Gasteiger partial charge < -0.3 is 0 Å². The first kappa shape index (κ1) is 7.08. The molecule has 0 saturated heterocycles. The van der Waals surface area contributed by atoms with Crippen molar-refractivity contribution >= 4 is 20.1 Å². The van der Waals surface area contributed by atoms with Crippen LogP contribution in [0.5, 0.6) is 0 Å². The van der Waals surface area contributed by atoms with E-state index in [4.69, 9.17) is 12.2 Å². The molecule has 9 heavy (non-hydrogen) atoms. The molecule has 1 aromatic carbocycles. The maximum atomic E-state index is 4.73. The zero-order chi connectivity index (χ0) is 6.53. The Bertz CT molecular complexity index is 183. The van der Waals surface area contributed by atoms with Crippen molar-refractivity contribution < 1.29 is 18.0 Å². The molecule has 0 nitrogen and oxygen atoms in total. The normalized spacial score (nSPS) is 9.33. The summed E-state index contributed by atoms with van der Waals surface area (Å²) in [6, 6.07) is 10.3. The quantitative estimate of drug-likeness (QED) is 0.544. The molecule has 1 rings (SSSR count). The molecule has 0 saturated carbocycles. The summed E-state index contributed by atoms with van der Waals surface area (Å²) >= 11 is 5.23. The van der Waals surface area contributed by atoms with Crippen LogP contribution in [0.25, 0.3) is 0 Å². The molecule has 0 radical (unpaired) electrons. The van der Waals surface area contributed by atoms with Gasteiger partial charge in [-0.25, -0.2) is 0 Å². The van der Waals surface area contributed by atoms with E-state index >= 15 is 0 Å². The summed E-state index contributed by atoms with van der Waals surface area (Å²) < 4.78 is 3.13. The fourth-order valence-corrected chi connectivity index (χ4v) is 1.83. The van der Waals surface area contributed by atoms with Crippen LogP contribution in [0.3, 0.4) is 0 Å². The first-order chi connectivity index (χ1) is 4.43. The Balaban J connectivity index is 2.72. The predicted octanol–water partition coefficient (Wildman–Crippen LogP) is 1.35. The van der Waals surface area contributed by atoms with Crippen molar-refractivity contribution in [1.82, 2.24) is 0 Å². The molecule has 0 heterocycles. The molecule has 50 valence electrons. The van der Waals surface area contributed by atoms with Crippen molar-refractivity contribution in [3.05, 3.63) is 30.3 Å². The third kappa shape index (κ3) is 2.36. The van der Waals surface area contributed by atoms with Crippen LogP contribution in [0.2, 0.25) is 0 Å². The fourth-order valence-electron chi connectivity index (χ4n) is 0.507. The van der Waals surface area contributed by atoms with E-state index in [2.05, 4.69) is 12.1 Å². The molecule has 0 amide bonds. The van der Waals surface area contributed by atoms with Crippen molar-refractivity contribution in [2.75, 3.05) is 0 Å². The molecule has 1 aromatic rings. The van der Waals surface area contributed by atoms with Crippen LogP contribution in [0.15, 0.2) is 30.3 Å². The van der Waals surface area contributed by atoms with Crippen LogP contribution in [0.4, 0.5) is 0 Å². The Morgan fingerprint density at radius 2 is 1.89 bits per heavy atom. The Kier molecular flexibility index (Phi) is 3.07. The van der Waals surface area contributed by atoms with E-state index in [9.17, 15) is 0 Å². The van der Waals surface area contributed by atoms with Crippen LogP contribution in [0.1, 0.15) is 0 Å². The molecule has 0 unspecified atom stereocenters. The van der Waals surface area contributed by atoms with Crippen molar-refractivity contribution in [2.24, 2.45) is 0 Å². The maximum absolute atomic E-state index is 4.73. The fraction of sp³-hybridized carbons (Fsp3) is 0. The number of thiocarbonyl (C=S) groups is 1. The summed E-state index contributed by atoms with van der Waals surface area (Å²) in [5.74, 6) is 0. The summed E-state index contributed by atoms with van der Waals surface area (Å²) in [6.07, 6.45) is 0. The molecule has 0 atom stereocenters. The van der Waals surface area contributed by atoms with Gasteiger partial charge in [-0.1, -0.05) is 0 Å². The van der Waals surface area contributed by atoms with E-state index in [1.807, 2.05) is 18.2 Å². The van der Waals surface area contributed by atoms with Gasteiger partial charge >= 0.3 is 68.4 Å². The van der Waals surface area contributed by atoms with Gasteiger partial charge in [-0.2, -0.15) is 0 Å². The van der Waals surface area contributed by atoms with Gasteiger partial charge in [0.1, 0.15) is 0 Å². The van der Waals surface area contributed by atoms with E-state index < -0.39 is 0 Å². The Morgan fingerprint density at radius 3 is 2.44 bits per heavy atom. The second-order valence-corrected chi connectivity index (χ2v) is 4.02. The van der Waals surface area contributed by atoms with E-state index in [-0.39, 0.29) is 0 Å². The second kappa shape index (κ2) is 3.90. The third-order valence-electron chi connectivity index (χ3n) is 0.855. The average molecular weight is 229 g/mol. The van der Waals surface area contributed by atoms with Gasteiger partial charge in [0.25, 0.3) is 0 Å². The summed E-state index contributed by atoms with van der Waals surface area (Å²) in [7, 11) is 0. The summed E-state index contributed by atoms with van der Waals surface area (Å²) in [6.45, 7) is 0. The first-order valence-electron chi connectivity index (χ1n) is 2.49. The van der Waals surface area contributed by atoms with Crippen molar-refractivity contribution in [2.45, 2.75) is 0 Å². The zero-order valence-corrected chi connectivity index (χ0v) is 7.06. The molecule has 0 spiro atoms. The minimum atomic E-state index is 0.499. The molecule has 0 N–H and O–H groups in total. The van der Waals surface area contributed by atoms with Gasteiger partial charge in [0.05, 0.1) is 0 Å². The van der Waals surface area contributed by atoms with Crippen LogP contribution in [0, 0.1) is 0 Å². The van der Waals surface area contributed by atoms with Crippen LogP contribution in [-0.4, -0.2) is 3.84 Å². The Labute approximate surface area is 68.4 Å². The number of benzene rings is 1. The van der Waals surface area contributed by atoms with E-state index in [0.717, 1.165) is 0 Å². The van der Waals surface area contributed by atoms with E-state index in [0.29, 0.717) is 18.0 Å². The standard InChI is InChI=1S/C6H5.CHS.Pd/c1-2-4-6-5-3-1;1-2;/h1-5H;1H;. The van der Waals surface area contributed by atoms with Crippen LogP contribution >= 0.6 is 12.2 Å². The minimum absolute atomic E-state index is 0.499. The molecule has 0 bridgehead atoms. The van der Waals surface area contributed by atoms with Gasteiger partial charge in [-0.3, -0.25) is 0 Å². The van der Waals surface area contributed by atoms with Crippen molar-refractivity contribution in [3.63, 3.8) is 0 Å². The molecule has 0 aliphatic carbocycles. The molecule has 2 heteroatoms. The average Bonchev–Trinajstić information content (AvgIpc) is 1.91. The van der Waals surface area contributed by atoms with E-state index in [1.165, 1.54) is 4.04 Å². The second-order valence-electron chi connectivity index (χ2n) is 1.43. The van der Waals surface area contributed by atoms with E-state index in [1.54, 1.807) is 3.84 Å². The Morgan fingerprint density at radius 1 is 1.22 bits per heavy atom. The van der Waals surface area contributed by atoms with Crippen molar-refractivity contribution in [1.29, 1.82) is 0 Å². The summed E-state index contributed by atoms with van der Waals surface area (Å²) in [5.41, 5.74) is 0. The van der Waals surface area contributed by atoms with Gasteiger partial charge in [0, 0.05) is 0 Å². The summed E-state index contributed by atoms with van der Waals surface area (Å²) in [5, 5.41) is 0. The summed E-state index contributed by atoms with van der Waals surface area (Å²) in [4.78, 5) is 0. The number of hydrogen-bond acceptors (Lipinski definition) is 1. The van der Waals surface area contributed by atoms with Gasteiger partial charge in [-0.05, 0) is 0 Å². The monoisotopic (exact) mass is 228 g/mol. The number of rotatable bonds is 2. The molecular weight excluding hydrogens is 223 g/mol. The topological polar surface area (TPSA) is 0 Å². The Hall–Kier alpha value is -0.0277. The third-order valence-corrected chi connectivity index (χ3v) is 2.52. The number of hydrogen-bond donors (Lipinski definition) is 0. The zero-order valence-electron chi connectivity index (χ0n) is 4.69. The molecule has 0 aromatic heterocycles. The predicted molar refractivity (Wildman–Crippen MR) is 39.7 cm³/mol. The van der Waals surface area contributed by atoms with Gasteiger partial charge in [0.15, 0.2) is 0 Å². The van der Waals surface area contributed by atoms with Gasteiger partial charge in [-0.15, -0.1) is 0 Å². The van der Waals surface area contributed by atoms with Crippen LogP contribution in [-0.2, 0) is 18.0 Å². The van der Waals surface area contributed by atoms with Crippen molar-refractivity contribution in [3.8, 4) is 0 Å². The molecular formula is C7H6PdS. The van der Waals surface area contributed by atoms with Gasteiger partial charge in [0.2, 0.25) is 0 Å². The first-order valence-corrected chi connectivity index (χ1v) is 4.63. The molecule has 0 aliphatic rings. The SMILES string of the molecule is S=[CH][Pd][c]1ccccc1. The van der Waals surface area contributed by atoms with Crippen LogP contribution < -0.4 is 4.04 Å².